The summed E-state index contributed by atoms with van der Waals surface area (Å²) < 4.78 is 14.6. The molecule has 0 aliphatic carbocycles. The highest BCUT2D eigenvalue weighted by Crippen LogP contribution is 2.31. The van der Waals surface area contributed by atoms with Gasteiger partial charge in [-0.15, -0.1) is 0 Å². The molecule has 0 unspecified atom stereocenters. The number of hydrogen-bond acceptors (Lipinski definition) is 5. The van der Waals surface area contributed by atoms with Crippen LogP contribution in [0.2, 0.25) is 0 Å². The lowest BCUT2D eigenvalue weighted by atomic mass is 10.2. The van der Waals surface area contributed by atoms with E-state index < -0.39 is 0 Å². The van der Waals surface area contributed by atoms with Gasteiger partial charge in [-0.25, -0.2) is 4.68 Å². The largest absolute Gasteiger partial charge is 0.497 e. The van der Waals surface area contributed by atoms with Gasteiger partial charge in [-0.3, -0.25) is 14.4 Å². The summed E-state index contributed by atoms with van der Waals surface area (Å²) in [5, 5.41) is 0. The third-order valence-electron chi connectivity index (χ3n) is 6.01. The molecule has 0 N–H and O–H groups in total. The fourth-order valence-corrected chi connectivity index (χ4v) is 3.94. The molecular formula is C25H34N4O3. The standard InChI is InChI=1S/C25H34N4O3/c1-7-28(16-15-26(3)22-14-13-21(31-5)17-24(22)32-6)18-23-19(2)25(30)29(27(23)4)20-11-9-8-10-12-20/h8-14,17H,7,15-16,18H2,1-6H3. The van der Waals surface area contributed by atoms with E-state index in [9.17, 15) is 4.79 Å². The quantitative estimate of drug-likeness (QED) is 0.485. The molecule has 1 aromatic heterocycles. The van der Waals surface area contributed by atoms with E-state index in [1.54, 1.807) is 18.9 Å². The first-order chi connectivity index (χ1) is 15.4. The molecule has 0 spiro atoms. The lowest BCUT2D eigenvalue weighted by molar-refractivity contribution is 0.277. The summed E-state index contributed by atoms with van der Waals surface area (Å²) >= 11 is 0. The molecule has 0 saturated heterocycles. The van der Waals surface area contributed by atoms with Crippen molar-refractivity contribution in [1.29, 1.82) is 0 Å². The van der Waals surface area contributed by atoms with Gasteiger partial charge in [0.05, 0.1) is 31.3 Å². The highest BCUT2D eigenvalue weighted by molar-refractivity contribution is 5.60. The predicted molar refractivity (Wildman–Crippen MR) is 130 cm³/mol. The number of ether oxygens (including phenoxy) is 2. The molecule has 0 fully saturated rings. The summed E-state index contributed by atoms with van der Waals surface area (Å²) in [7, 11) is 7.34. The highest BCUT2D eigenvalue weighted by atomic mass is 16.5. The Labute approximate surface area is 190 Å². The number of rotatable bonds is 10. The van der Waals surface area contributed by atoms with E-state index in [1.165, 1.54) is 0 Å². The second-order valence-corrected chi connectivity index (χ2v) is 7.88. The van der Waals surface area contributed by atoms with Crippen LogP contribution >= 0.6 is 0 Å². The van der Waals surface area contributed by atoms with Gasteiger partial charge in [0.15, 0.2) is 0 Å². The third kappa shape index (κ3) is 4.83. The summed E-state index contributed by atoms with van der Waals surface area (Å²) in [4.78, 5) is 17.5. The van der Waals surface area contributed by atoms with E-state index in [4.69, 9.17) is 9.47 Å². The van der Waals surface area contributed by atoms with Gasteiger partial charge in [0.2, 0.25) is 0 Å². The Morgan fingerprint density at radius 3 is 2.34 bits per heavy atom. The lowest BCUT2D eigenvalue weighted by Gasteiger charge is -2.27. The predicted octanol–water partition coefficient (Wildman–Crippen LogP) is 3.46. The molecule has 0 bridgehead atoms. The average Bonchev–Trinajstić information content (AvgIpc) is 3.04. The van der Waals surface area contributed by atoms with Gasteiger partial charge >= 0.3 is 0 Å². The van der Waals surface area contributed by atoms with Crippen LogP contribution in [0.1, 0.15) is 18.2 Å². The summed E-state index contributed by atoms with van der Waals surface area (Å²) in [6.45, 7) is 7.34. The third-order valence-corrected chi connectivity index (χ3v) is 6.01. The monoisotopic (exact) mass is 438 g/mol. The topological polar surface area (TPSA) is 51.9 Å². The van der Waals surface area contributed by atoms with Crippen LogP contribution in [0.25, 0.3) is 5.69 Å². The van der Waals surface area contributed by atoms with Crippen molar-refractivity contribution in [3.05, 3.63) is 70.1 Å². The van der Waals surface area contributed by atoms with Crippen molar-refractivity contribution in [2.24, 2.45) is 7.05 Å². The number of hydrogen-bond donors (Lipinski definition) is 0. The molecule has 3 rings (SSSR count). The van der Waals surface area contributed by atoms with Gasteiger partial charge in [-0.05, 0) is 37.7 Å². The molecule has 0 aliphatic heterocycles. The smallest absolute Gasteiger partial charge is 0.274 e. The second kappa shape index (κ2) is 10.4. The Balaban J connectivity index is 1.75. The zero-order valence-corrected chi connectivity index (χ0v) is 20.0. The average molecular weight is 439 g/mol. The molecule has 0 saturated carbocycles. The molecule has 7 nitrogen and oxygen atoms in total. The summed E-state index contributed by atoms with van der Waals surface area (Å²) in [6.07, 6.45) is 0. The van der Waals surface area contributed by atoms with Crippen LogP contribution in [-0.2, 0) is 13.6 Å². The molecule has 0 aliphatic rings. The number of methoxy groups -OCH3 is 2. The van der Waals surface area contributed by atoms with E-state index in [2.05, 4.69) is 23.8 Å². The minimum atomic E-state index is 0.0323. The first kappa shape index (κ1) is 23.5. The fourth-order valence-electron chi connectivity index (χ4n) is 3.94. The lowest BCUT2D eigenvalue weighted by Crippen LogP contribution is -2.33. The van der Waals surface area contributed by atoms with Gasteiger partial charge in [-0.2, -0.15) is 0 Å². The summed E-state index contributed by atoms with van der Waals surface area (Å²) in [5.74, 6) is 1.56. The van der Waals surface area contributed by atoms with Crippen molar-refractivity contribution in [2.45, 2.75) is 20.4 Å². The normalized spacial score (nSPS) is 11.1. The zero-order chi connectivity index (χ0) is 23.3. The first-order valence-electron chi connectivity index (χ1n) is 10.9. The Hall–Kier alpha value is -3.19. The first-order valence-corrected chi connectivity index (χ1v) is 10.9. The van der Waals surface area contributed by atoms with Gasteiger partial charge in [0.1, 0.15) is 11.5 Å². The number of likely N-dealkylation sites (N-methyl/N-ethyl adjacent to an activating group) is 2. The molecule has 172 valence electrons. The summed E-state index contributed by atoms with van der Waals surface area (Å²) in [5.41, 5.74) is 3.75. The molecule has 32 heavy (non-hydrogen) atoms. The Morgan fingerprint density at radius 2 is 1.72 bits per heavy atom. The number of aromatic nitrogens is 2. The number of anilines is 1. The number of para-hydroxylation sites is 1. The van der Waals surface area contributed by atoms with E-state index in [-0.39, 0.29) is 5.56 Å². The maximum Gasteiger partial charge on any atom is 0.274 e. The van der Waals surface area contributed by atoms with E-state index >= 15 is 0 Å². The molecule has 1 heterocycles. The highest BCUT2D eigenvalue weighted by Gasteiger charge is 2.18. The van der Waals surface area contributed by atoms with Gasteiger partial charge in [0, 0.05) is 45.4 Å². The maximum absolute atomic E-state index is 12.9. The van der Waals surface area contributed by atoms with Crippen LogP contribution in [0.3, 0.4) is 0 Å². The molecule has 7 heteroatoms. The Bertz CT molecular complexity index is 1090. The Kier molecular flexibility index (Phi) is 7.64. The van der Waals surface area contributed by atoms with Crippen molar-refractivity contribution in [1.82, 2.24) is 14.3 Å². The van der Waals surface area contributed by atoms with Crippen molar-refractivity contribution < 1.29 is 9.47 Å². The van der Waals surface area contributed by atoms with Crippen LogP contribution < -0.4 is 19.9 Å². The minimum absolute atomic E-state index is 0.0323. The number of nitrogens with zero attached hydrogens (tertiary/aromatic N) is 4. The van der Waals surface area contributed by atoms with E-state index in [0.29, 0.717) is 6.54 Å². The van der Waals surface area contributed by atoms with E-state index in [1.807, 2.05) is 67.2 Å². The van der Waals surface area contributed by atoms with Crippen LogP contribution in [0.5, 0.6) is 11.5 Å². The molecule has 0 atom stereocenters. The minimum Gasteiger partial charge on any atom is -0.497 e. The Morgan fingerprint density at radius 1 is 1.00 bits per heavy atom. The number of benzene rings is 2. The zero-order valence-electron chi connectivity index (χ0n) is 20.0. The van der Waals surface area contributed by atoms with Crippen LogP contribution in [0.15, 0.2) is 53.3 Å². The fraction of sp³-hybridized carbons (Fsp3) is 0.400. The van der Waals surface area contributed by atoms with Gasteiger partial charge in [0.25, 0.3) is 5.56 Å². The van der Waals surface area contributed by atoms with Crippen molar-refractivity contribution in [2.75, 3.05) is 45.8 Å². The van der Waals surface area contributed by atoms with Crippen molar-refractivity contribution >= 4 is 5.69 Å². The van der Waals surface area contributed by atoms with Crippen molar-refractivity contribution in [3.8, 4) is 17.2 Å². The molecular weight excluding hydrogens is 404 g/mol. The van der Waals surface area contributed by atoms with Crippen molar-refractivity contribution in [3.63, 3.8) is 0 Å². The molecule has 0 radical (unpaired) electrons. The van der Waals surface area contributed by atoms with Gasteiger partial charge in [-0.1, -0.05) is 25.1 Å². The molecule has 0 amide bonds. The molecule has 3 aromatic rings. The maximum atomic E-state index is 12.9. The second-order valence-electron chi connectivity index (χ2n) is 7.88. The molecule has 2 aromatic carbocycles. The summed E-state index contributed by atoms with van der Waals surface area (Å²) in [6, 6.07) is 15.6. The SMILES string of the molecule is CCN(CCN(C)c1ccc(OC)cc1OC)Cc1c(C)c(=O)n(-c2ccccc2)n1C. The van der Waals surface area contributed by atoms with Gasteiger partial charge < -0.3 is 14.4 Å². The van der Waals surface area contributed by atoms with Crippen LogP contribution in [-0.4, -0.2) is 55.2 Å². The van der Waals surface area contributed by atoms with Crippen LogP contribution in [0, 0.1) is 6.92 Å². The van der Waals surface area contributed by atoms with Crippen LogP contribution in [0.4, 0.5) is 5.69 Å². The van der Waals surface area contributed by atoms with E-state index in [0.717, 1.165) is 53.8 Å².